The molecule has 3 nitrogen and oxygen atoms in total. The second-order valence-corrected chi connectivity index (χ2v) is 5.64. The van der Waals surface area contributed by atoms with Crippen LogP contribution in [0.15, 0.2) is 51.8 Å². The molecule has 0 unspecified atom stereocenters. The number of nitrogens with one attached hydrogen (secondary N) is 1. The monoisotopic (exact) mass is 287 g/mol. The summed E-state index contributed by atoms with van der Waals surface area (Å²) in [7, 11) is 0. The van der Waals surface area contributed by atoms with Gasteiger partial charge in [0.2, 0.25) is 0 Å². The lowest BCUT2D eigenvalue weighted by Gasteiger charge is -1.95. The van der Waals surface area contributed by atoms with Gasteiger partial charge in [-0.15, -0.1) is 0 Å². The van der Waals surface area contributed by atoms with E-state index < -0.39 is 0 Å². The number of rotatable bonds is 2. The van der Waals surface area contributed by atoms with Crippen LogP contribution in [0.5, 0.6) is 0 Å². The number of thioether (sulfide) groups is 1. The van der Waals surface area contributed by atoms with Crippen molar-refractivity contribution in [2.45, 2.75) is 0 Å². The maximum atomic E-state index is 11.5. The molecule has 94 valence electrons. The summed E-state index contributed by atoms with van der Waals surface area (Å²) in [6.07, 6.45) is 1.70. The first-order chi connectivity index (χ1) is 9.22. The van der Waals surface area contributed by atoms with Crippen LogP contribution < -0.4 is 5.32 Å². The van der Waals surface area contributed by atoms with Gasteiger partial charge in [-0.3, -0.25) is 4.79 Å². The second kappa shape index (κ2) is 5.03. The molecule has 0 radical (unpaired) electrons. The van der Waals surface area contributed by atoms with Gasteiger partial charge in [-0.2, -0.15) is 0 Å². The second-order valence-electron chi connectivity index (χ2n) is 3.92. The zero-order valence-corrected chi connectivity index (χ0v) is 11.4. The first-order valence-corrected chi connectivity index (χ1v) is 6.85. The fraction of sp³-hybridized carbons (Fsp3) is 0. The molecule has 0 bridgehead atoms. The number of hydrogen-bond acceptors (Lipinski definition) is 4. The van der Waals surface area contributed by atoms with Gasteiger partial charge < -0.3 is 9.73 Å². The number of carbonyl (C=O) groups is 1. The Morgan fingerprint density at radius 1 is 1.16 bits per heavy atom. The highest BCUT2D eigenvalue weighted by Crippen LogP contribution is 2.28. The normalized spacial score (nSPS) is 16.9. The predicted octanol–water partition coefficient (Wildman–Crippen LogP) is 3.44. The van der Waals surface area contributed by atoms with Crippen molar-refractivity contribution in [1.29, 1.82) is 0 Å². The van der Waals surface area contributed by atoms with Gasteiger partial charge >= 0.3 is 0 Å². The van der Waals surface area contributed by atoms with Crippen LogP contribution in [0.4, 0.5) is 0 Å². The summed E-state index contributed by atoms with van der Waals surface area (Å²) < 4.78 is 6.18. The van der Waals surface area contributed by atoms with Crippen LogP contribution in [0.2, 0.25) is 0 Å². The summed E-state index contributed by atoms with van der Waals surface area (Å²) in [5.41, 5.74) is 1.01. The third-order valence-corrected chi connectivity index (χ3v) is 3.76. The van der Waals surface area contributed by atoms with E-state index in [-0.39, 0.29) is 5.91 Å². The summed E-state index contributed by atoms with van der Waals surface area (Å²) in [4.78, 5) is 12.1. The van der Waals surface area contributed by atoms with Gasteiger partial charge in [-0.25, -0.2) is 0 Å². The van der Waals surface area contributed by atoms with E-state index in [0.29, 0.717) is 15.0 Å². The van der Waals surface area contributed by atoms with Gasteiger partial charge in [0.25, 0.3) is 5.91 Å². The van der Waals surface area contributed by atoms with E-state index in [4.69, 9.17) is 16.6 Å². The number of amides is 1. The van der Waals surface area contributed by atoms with E-state index in [1.807, 2.05) is 42.5 Å². The molecule has 2 heterocycles. The molecule has 1 saturated heterocycles. The van der Waals surface area contributed by atoms with E-state index in [0.717, 1.165) is 11.3 Å². The largest absolute Gasteiger partial charge is 0.457 e. The van der Waals surface area contributed by atoms with E-state index in [2.05, 4.69) is 5.32 Å². The highest BCUT2D eigenvalue weighted by Gasteiger charge is 2.22. The molecule has 0 atom stereocenters. The molecule has 0 aliphatic carbocycles. The first kappa shape index (κ1) is 12.2. The Hall–Kier alpha value is -1.85. The average Bonchev–Trinajstić information content (AvgIpc) is 2.99. The minimum atomic E-state index is -0.173. The van der Waals surface area contributed by atoms with Gasteiger partial charge in [0.05, 0.1) is 4.91 Å². The number of carbonyl (C=O) groups excluding carboxylic acids is 1. The van der Waals surface area contributed by atoms with Crippen LogP contribution in [0.3, 0.4) is 0 Å². The van der Waals surface area contributed by atoms with Crippen molar-refractivity contribution in [3.63, 3.8) is 0 Å². The predicted molar refractivity (Wildman–Crippen MR) is 80.5 cm³/mol. The van der Waals surface area contributed by atoms with Crippen molar-refractivity contribution in [3.8, 4) is 11.3 Å². The van der Waals surface area contributed by atoms with Gasteiger partial charge in [-0.05, 0) is 12.1 Å². The molecule has 5 heteroatoms. The Kier molecular flexibility index (Phi) is 3.23. The highest BCUT2D eigenvalue weighted by atomic mass is 32.2. The minimum absolute atomic E-state index is 0.173. The zero-order chi connectivity index (χ0) is 13.2. The summed E-state index contributed by atoms with van der Waals surface area (Å²) in [5.74, 6) is 1.24. The molecule has 1 aliphatic rings. The molecule has 0 spiro atoms. The fourth-order valence-electron chi connectivity index (χ4n) is 1.74. The Morgan fingerprint density at radius 2 is 1.95 bits per heavy atom. The summed E-state index contributed by atoms with van der Waals surface area (Å²) in [6, 6.07) is 13.5. The molecule has 1 aromatic carbocycles. The SMILES string of the molecule is O=C1NC(=S)S/C1=C/c1ccc(-c2ccccc2)o1. The molecule has 0 saturated carbocycles. The lowest BCUT2D eigenvalue weighted by Crippen LogP contribution is -2.17. The Morgan fingerprint density at radius 3 is 2.63 bits per heavy atom. The van der Waals surface area contributed by atoms with Crippen LogP contribution >= 0.6 is 24.0 Å². The van der Waals surface area contributed by atoms with E-state index >= 15 is 0 Å². The van der Waals surface area contributed by atoms with Gasteiger partial charge in [-0.1, -0.05) is 54.3 Å². The third kappa shape index (κ3) is 2.62. The topological polar surface area (TPSA) is 42.2 Å². The van der Waals surface area contributed by atoms with Crippen molar-refractivity contribution in [3.05, 3.63) is 53.1 Å². The Balaban J connectivity index is 1.89. The molecule has 1 aliphatic heterocycles. The van der Waals surface area contributed by atoms with Gasteiger partial charge in [0, 0.05) is 11.6 Å². The van der Waals surface area contributed by atoms with Gasteiger partial charge in [0.1, 0.15) is 15.8 Å². The standard InChI is InChI=1S/C14H9NO2S2/c16-13-12(19-14(18)15-13)8-10-6-7-11(17-10)9-4-2-1-3-5-9/h1-8H,(H,15,16,18)/b12-8+. The third-order valence-electron chi connectivity index (χ3n) is 2.60. The molecule has 1 N–H and O–H groups in total. The average molecular weight is 287 g/mol. The van der Waals surface area contributed by atoms with Crippen molar-refractivity contribution in [2.24, 2.45) is 0 Å². The quantitative estimate of drug-likeness (QED) is 0.678. The maximum Gasteiger partial charge on any atom is 0.263 e. The van der Waals surface area contributed by atoms with Crippen LogP contribution in [0, 0.1) is 0 Å². The van der Waals surface area contributed by atoms with Crippen molar-refractivity contribution in [1.82, 2.24) is 5.32 Å². The van der Waals surface area contributed by atoms with Gasteiger partial charge in [0.15, 0.2) is 0 Å². The number of furan rings is 1. The number of benzene rings is 1. The maximum absolute atomic E-state index is 11.5. The molecular formula is C14H9NO2S2. The Bertz CT molecular complexity index is 674. The summed E-state index contributed by atoms with van der Waals surface area (Å²) in [6.45, 7) is 0. The first-order valence-electron chi connectivity index (χ1n) is 5.62. The zero-order valence-electron chi connectivity index (χ0n) is 9.75. The minimum Gasteiger partial charge on any atom is -0.457 e. The van der Waals surface area contributed by atoms with Crippen LogP contribution in [0.1, 0.15) is 5.76 Å². The molecule has 1 aromatic heterocycles. The molecule has 2 aromatic rings. The van der Waals surface area contributed by atoms with Crippen molar-refractivity contribution < 1.29 is 9.21 Å². The number of thiocarbonyl (C=S) groups is 1. The molecule has 19 heavy (non-hydrogen) atoms. The summed E-state index contributed by atoms with van der Waals surface area (Å²) >= 11 is 6.18. The van der Waals surface area contributed by atoms with Crippen LogP contribution in [-0.2, 0) is 4.79 Å². The molecule has 1 amide bonds. The lowest BCUT2D eigenvalue weighted by atomic mass is 10.2. The van der Waals surface area contributed by atoms with Crippen LogP contribution in [-0.4, -0.2) is 10.2 Å². The van der Waals surface area contributed by atoms with Crippen LogP contribution in [0.25, 0.3) is 17.4 Å². The van der Waals surface area contributed by atoms with Crippen molar-refractivity contribution in [2.75, 3.05) is 0 Å². The highest BCUT2D eigenvalue weighted by molar-refractivity contribution is 8.26. The smallest absolute Gasteiger partial charge is 0.263 e. The van der Waals surface area contributed by atoms with E-state index in [9.17, 15) is 4.79 Å². The summed E-state index contributed by atoms with van der Waals surface area (Å²) in [5, 5.41) is 2.57. The van der Waals surface area contributed by atoms with Crippen molar-refractivity contribution >= 4 is 40.3 Å². The Labute approximate surface area is 119 Å². The molecule has 1 fully saturated rings. The van der Waals surface area contributed by atoms with E-state index in [1.165, 1.54) is 11.8 Å². The fourth-order valence-corrected chi connectivity index (χ4v) is 2.76. The van der Waals surface area contributed by atoms with E-state index in [1.54, 1.807) is 6.08 Å². The number of hydrogen-bond donors (Lipinski definition) is 1. The lowest BCUT2D eigenvalue weighted by molar-refractivity contribution is -0.115. The molecular weight excluding hydrogens is 278 g/mol. The molecule has 3 rings (SSSR count).